The van der Waals surface area contributed by atoms with E-state index in [1.807, 2.05) is 18.2 Å². The van der Waals surface area contributed by atoms with Gasteiger partial charge in [0.25, 0.3) is 0 Å². The molecule has 0 saturated heterocycles. The second-order valence-corrected chi connectivity index (χ2v) is 8.02. The Hall–Kier alpha value is -3.04. The van der Waals surface area contributed by atoms with Gasteiger partial charge in [0.1, 0.15) is 6.33 Å². The summed E-state index contributed by atoms with van der Waals surface area (Å²) in [5.74, 6) is 0. The van der Waals surface area contributed by atoms with Crippen LogP contribution in [0.4, 0.5) is 18.3 Å². The van der Waals surface area contributed by atoms with Crippen LogP contribution in [-0.2, 0) is 19.0 Å². The van der Waals surface area contributed by atoms with Gasteiger partial charge in [0.05, 0.1) is 21.7 Å². The van der Waals surface area contributed by atoms with Gasteiger partial charge in [-0.1, -0.05) is 35.6 Å². The third-order valence-corrected chi connectivity index (χ3v) is 5.69. The van der Waals surface area contributed by atoms with Crippen molar-refractivity contribution in [3.05, 3.63) is 71.8 Å². The molecule has 4 rings (SSSR count). The zero-order valence-corrected chi connectivity index (χ0v) is 16.5. The van der Waals surface area contributed by atoms with Crippen LogP contribution in [0.25, 0.3) is 21.3 Å². The van der Waals surface area contributed by atoms with E-state index in [0.717, 1.165) is 44.7 Å². The number of nitrogens with two attached hydrogens (primary N) is 2. The lowest BCUT2D eigenvalue weighted by molar-refractivity contribution is -0.137. The lowest BCUT2D eigenvalue weighted by Gasteiger charge is -2.13. The zero-order chi connectivity index (χ0) is 21.3. The fourth-order valence-electron chi connectivity index (χ4n) is 3.30. The molecule has 4 N–H and O–H groups in total. The number of hydrogen-bond acceptors (Lipinski definition) is 6. The van der Waals surface area contributed by atoms with Crippen LogP contribution in [-0.4, -0.2) is 21.0 Å². The molecule has 0 bridgehead atoms. The molecule has 0 saturated carbocycles. The molecule has 0 spiro atoms. The van der Waals surface area contributed by atoms with Crippen LogP contribution in [0.5, 0.6) is 0 Å². The molecule has 0 fully saturated rings. The predicted octanol–water partition coefficient (Wildman–Crippen LogP) is 4.47. The monoisotopic (exact) mass is 429 g/mol. The number of nitrogens with zero attached hydrogens (tertiary/aromatic N) is 3. The Morgan fingerprint density at radius 2 is 1.80 bits per heavy atom. The van der Waals surface area contributed by atoms with Crippen molar-refractivity contribution in [3.8, 4) is 10.4 Å². The summed E-state index contributed by atoms with van der Waals surface area (Å²) in [4.78, 5) is 13.6. The fourth-order valence-corrected chi connectivity index (χ4v) is 4.16. The van der Waals surface area contributed by atoms with Crippen LogP contribution in [0.2, 0.25) is 0 Å². The van der Waals surface area contributed by atoms with Gasteiger partial charge in [-0.2, -0.15) is 13.2 Å². The van der Waals surface area contributed by atoms with Gasteiger partial charge in [-0.25, -0.2) is 15.0 Å². The van der Waals surface area contributed by atoms with E-state index in [1.165, 1.54) is 29.8 Å². The smallest absolute Gasteiger partial charge is 0.375 e. The molecule has 0 unspecified atom stereocenters. The Balaban J connectivity index is 1.53. The van der Waals surface area contributed by atoms with Gasteiger partial charge in [0.2, 0.25) is 0 Å². The summed E-state index contributed by atoms with van der Waals surface area (Å²) in [7, 11) is 0. The van der Waals surface area contributed by atoms with E-state index in [2.05, 4.69) is 15.0 Å². The molecular weight excluding hydrogens is 411 g/mol. The van der Waals surface area contributed by atoms with E-state index < -0.39 is 11.7 Å². The summed E-state index contributed by atoms with van der Waals surface area (Å²) in [6.07, 6.45) is -0.230. The second kappa shape index (κ2) is 8.00. The molecular formula is C21H18F3N5S. The lowest BCUT2D eigenvalue weighted by Crippen LogP contribution is -2.26. The maximum Gasteiger partial charge on any atom is 0.416 e. The number of aromatic nitrogens is 3. The maximum atomic E-state index is 12.7. The summed E-state index contributed by atoms with van der Waals surface area (Å²) in [5, 5.41) is 1.36. The summed E-state index contributed by atoms with van der Waals surface area (Å²) < 4.78 is 38.2. The molecule has 0 amide bonds. The second-order valence-electron chi connectivity index (χ2n) is 6.99. The van der Waals surface area contributed by atoms with Crippen LogP contribution < -0.4 is 11.5 Å². The molecule has 30 heavy (non-hydrogen) atoms. The SMILES string of the molecule is Nc1nc(C[C@@H](N)Cc2ccc(C(F)(F)F)cc2)c(-c2ccc3cncnc3c2)s1. The fraction of sp³-hybridized carbons (Fsp3) is 0.190. The number of rotatable bonds is 5. The highest BCUT2D eigenvalue weighted by Gasteiger charge is 2.30. The van der Waals surface area contributed by atoms with E-state index >= 15 is 0 Å². The first-order valence-electron chi connectivity index (χ1n) is 9.16. The van der Waals surface area contributed by atoms with Crippen LogP contribution >= 0.6 is 11.3 Å². The number of hydrogen-bond donors (Lipinski definition) is 2. The van der Waals surface area contributed by atoms with Crippen molar-refractivity contribution < 1.29 is 13.2 Å². The number of thiazole rings is 1. The average molecular weight is 429 g/mol. The molecule has 1 atom stereocenters. The lowest BCUT2D eigenvalue weighted by atomic mass is 9.99. The molecule has 4 aromatic rings. The highest BCUT2D eigenvalue weighted by Crippen LogP contribution is 2.34. The van der Waals surface area contributed by atoms with Gasteiger partial charge in [0, 0.05) is 24.0 Å². The van der Waals surface area contributed by atoms with E-state index in [-0.39, 0.29) is 6.04 Å². The third-order valence-electron chi connectivity index (χ3n) is 4.72. The van der Waals surface area contributed by atoms with E-state index in [0.29, 0.717) is 18.0 Å². The first-order valence-corrected chi connectivity index (χ1v) is 9.98. The highest BCUT2D eigenvalue weighted by atomic mass is 32.1. The molecule has 5 nitrogen and oxygen atoms in total. The third kappa shape index (κ3) is 4.42. The number of nitrogen functional groups attached to an aromatic ring is 1. The quantitative estimate of drug-likeness (QED) is 0.489. The number of anilines is 1. The Kier molecular flexibility index (Phi) is 5.40. The van der Waals surface area contributed by atoms with E-state index in [9.17, 15) is 13.2 Å². The van der Waals surface area contributed by atoms with Crippen molar-refractivity contribution in [3.63, 3.8) is 0 Å². The van der Waals surface area contributed by atoms with Crippen LogP contribution in [0.15, 0.2) is 55.0 Å². The minimum Gasteiger partial charge on any atom is -0.375 e. The minimum absolute atomic E-state index is 0.315. The maximum absolute atomic E-state index is 12.7. The largest absolute Gasteiger partial charge is 0.416 e. The number of halogens is 3. The van der Waals surface area contributed by atoms with Gasteiger partial charge in [-0.15, -0.1) is 0 Å². The summed E-state index contributed by atoms with van der Waals surface area (Å²) in [5.41, 5.74) is 14.8. The molecule has 0 aliphatic rings. The topological polar surface area (TPSA) is 90.7 Å². The van der Waals surface area contributed by atoms with Gasteiger partial charge < -0.3 is 11.5 Å². The number of benzene rings is 2. The molecule has 9 heteroatoms. The average Bonchev–Trinajstić information content (AvgIpc) is 3.07. The van der Waals surface area contributed by atoms with E-state index in [4.69, 9.17) is 11.5 Å². The summed E-state index contributed by atoms with van der Waals surface area (Å²) >= 11 is 1.37. The van der Waals surface area contributed by atoms with E-state index in [1.54, 1.807) is 6.20 Å². The highest BCUT2D eigenvalue weighted by molar-refractivity contribution is 7.18. The molecule has 154 valence electrons. The molecule has 0 aliphatic carbocycles. The Labute approximate surface area is 174 Å². The molecule has 2 aromatic heterocycles. The van der Waals surface area contributed by atoms with Crippen molar-refractivity contribution in [2.24, 2.45) is 5.73 Å². The van der Waals surface area contributed by atoms with Gasteiger partial charge in [-0.3, -0.25) is 0 Å². The van der Waals surface area contributed by atoms with Crippen molar-refractivity contribution in [1.82, 2.24) is 15.0 Å². The normalized spacial score (nSPS) is 12.9. The first-order chi connectivity index (χ1) is 14.3. The van der Waals surface area contributed by atoms with Crippen LogP contribution in [0.1, 0.15) is 16.8 Å². The van der Waals surface area contributed by atoms with Crippen molar-refractivity contribution in [2.45, 2.75) is 25.1 Å². The molecule has 0 aliphatic heterocycles. The first kappa shape index (κ1) is 20.2. The van der Waals surface area contributed by atoms with Crippen LogP contribution in [0, 0.1) is 0 Å². The predicted molar refractivity (Wildman–Crippen MR) is 112 cm³/mol. The summed E-state index contributed by atoms with van der Waals surface area (Å²) in [6, 6.07) is 10.6. The Morgan fingerprint density at radius 1 is 1.03 bits per heavy atom. The Morgan fingerprint density at radius 3 is 2.53 bits per heavy atom. The van der Waals surface area contributed by atoms with Crippen molar-refractivity contribution in [1.29, 1.82) is 0 Å². The minimum atomic E-state index is -4.35. The van der Waals surface area contributed by atoms with Crippen molar-refractivity contribution in [2.75, 3.05) is 5.73 Å². The molecule has 2 heterocycles. The van der Waals surface area contributed by atoms with Crippen molar-refractivity contribution >= 4 is 27.4 Å². The Bertz CT molecular complexity index is 1170. The van der Waals surface area contributed by atoms with Crippen LogP contribution in [0.3, 0.4) is 0 Å². The molecule has 2 aromatic carbocycles. The van der Waals surface area contributed by atoms with Gasteiger partial charge in [-0.05, 0) is 35.7 Å². The number of fused-ring (bicyclic) bond motifs is 1. The van der Waals surface area contributed by atoms with Gasteiger partial charge >= 0.3 is 6.18 Å². The summed E-state index contributed by atoms with van der Waals surface area (Å²) in [6.45, 7) is 0. The zero-order valence-electron chi connectivity index (χ0n) is 15.7. The molecule has 0 radical (unpaired) electrons. The van der Waals surface area contributed by atoms with Gasteiger partial charge in [0.15, 0.2) is 5.13 Å². The number of alkyl halides is 3. The standard InChI is InChI=1S/C21H18F3N5S/c22-21(23,24)15-5-1-12(2-6-15)7-16(25)9-18-19(30-20(26)29-18)13-3-4-14-10-27-11-28-17(14)8-13/h1-6,8,10-11,16H,7,9,25H2,(H2,26,29)/t16-/m0/s1.